The first-order valence-electron chi connectivity index (χ1n) is 11.1. The molecule has 3 saturated carbocycles. The summed E-state index contributed by atoms with van der Waals surface area (Å²) >= 11 is 0. The van der Waals surface area contributed by atoms with Crippen LogP contribution in [0.15, 0.2) is 23.8 Å². The summed E-state index contributed by atoms with van der Waals surface area (Å²) in [5, 5.41) is 31.6. The Kier molecular flexibility index (Phi) is 5.06. The van der Waals surface area contributed by atoms with Crippen molar-refractivity contribution in [3.63, 3.8) is 0 Å². The number of hydrogen-bond donors (Lipinski definition) is 3. The summed E-state index contributed by atoms with van der Waals surface area (Å²) in [5.41, 5.74) is 0.415. The maximum atomic E-state index is 11.9. The topological polar surface area (TPSA) is 94.8 Å². The molecule has 5 heteroatoms. The van der Waals surface area contributed by atoms with Gasteiger partial charge in [0.05, 0.1) is 12.2 Å². The van der Waals surface area contributed by atoms with Crippen molar-refractivity contribution in [1.82, 2.24) is 0 Å². The summed E-state index contributed by atoms with van der Waals surface area (Å²) in [6.07, 6.45) is 8.22. The number of rotatable bonds is 4. The molecule has 0 saturated heterocycles. The van der Waals surface area contributed by atoms with Gasteiger partial charge in [0.2, 0.25) is 0 Å². The van der Waals surface area contributed by atoms with Crippen LogP contribution in [0.5, 0.6) is 0 Å². The van der Waals surface area contributed by atoms with Gasteiger partial charge in [0.1, 0.15) is 0 Å². The first-order valence-corrected chi connectivity index (χ1v) is 11.1. The van der Waals surface area contributed by atoms with Gasteiger partial charge in [-0.2, -0.15) is 0 Å². The van der Waals surface area contributed by atoms with Crippen molar-refractivity contribution in [3.05, 3.63) is 23.8 Å². The number of carboxylic acids is 1. The van der Waals surface area contributed by atoms with E-state index in [1.807, 2.05) is 6.08 Å². The van der Waals surface area contributed by atoms with Gasteiger partial charge in [-0.05, 0) is 79.3 Å². The third-order valence-electron chi connectivity index (χ3n) is 9.26. The lowest BCUT2D eigenvalue weighted by Crippen LogP contribution is -2.59. The molecule has 0 bridgehead atoms. The zero-order chi connectivity index (χ0) is 21.1. The average molecular weight is 403 g/mol. The van der Waals surface area contributed by atoms with Crippen LogP contribution in [-0.2, 0) is 9.59 Å². The summed E-state index contributed by atoms with van der Waals surface area (Å²) < 4.78 is 0. The number of carbonyl (C=O) groups excluding carboxylic acids is 1. The molecule has 4 aliphatic rings. The molecule has 29 heavy (non-hydrogen) atoms. The summed E-state index contributed by atoms with van der Waals surface area (Å²) in [5.74, 6) is 0.136. The van der Waals surface area contributed by atoms with Crippen LogP contribution in [-0.4, -0.2) is 39.3 Å². The fourth-order valence-corrected chi connectivity index (χ4v) is 7.66. The molecule has 3 N–H and O–H groups in total. The van der Waals surface area contributed by atoms with Crippen LogP contribution in [0.2, 0.25) is 0 Å². The Morgan fingerprint density at radius 2 is 1.97 bits per heavy atom. The molecular formula is C24H34O5. The third kappa shape index (κ3) is 3.04. The van der Waals surface area contributed by atoms with Crippen LogP contribution < -0.4 is 0 Å². The van der Waals surface area contributed by atoms with Gasteiger partial charge < -0.3 is 15.3 Å². The molecule has 5 nitrogen and oxygen atoms in total. The highest BCUT2D eigenvalue weighted by Crippen LogP contribution is 2.67. The third-order valence-corrected chi connectivity index (χ3v) is 9.26. The largest absolute Gasteiger partial charge is 0.481 e. The molecule has 4 aliphatic carbocycles. The monoisotopic (exact) mass is 402 g/mol. The van der Waals surface area contributed by atoms with E-state index in [2.05, 4.69) is 20.8 Å². The lowest BCUT2D eigenvalue weighted by atomic mass is 9.45. The number of aliphatic hydroxyl groups is 2. The van der Waals surface area contributed by atoms with E-state index in [-0.39, 0.29) is 52.6 Å². The Balaban J connectivity index is 1.65. The molecule has 0 aromatic carbocycles. The van der Waals surface area contributed by atoms with Crippen LogP contribution in [0, 0.1) is 40.4 Å². The van der Waals surface area contributed by atoms with Gasteiger partial charge in [0.25, 0.3) is 0 Å². The lowest BCUT2D eigenvalue weighted by molar-refractivity contribution is -0.160. The van der Waals surface area contributed by atoms with Crippen molar-refractivity contribution >= 4 is 11.8 Å². The maximum Gasteiger partial charge on any atom is 0.303 e. The molecule has 0 aromatic rings. The van der Waals surface area contributed by atoms with E-state index in [0.29, 0.717) is 19.3 Å². The van der Waals surface area contributed by atoms with Crippen LogP contribution in [0.25, 0.3) is 0 Å². The molecule has 9 atom stereocenters. The van der Waals surface area contributed by atoms with E-state index in [0.717, 1.165) is 18.4 Å². The van der Waals surface area contributed by atoms with Crippen LogP contribution in [0.3, 0.4) is 0 Å². The van der Waals surface area contributed by atoms with Crippen LogP contribution >= 0.6 is 0 Å². The molecule has 4 rings (SSSR count). The van der Waals surface area contributed by atoms with Gasteiger partial charge >= 0.3 is 5.97 Å². The standard InChI is InChI=1S/C24H34O5/c1-13(4-7-21(28)29)16-5-6-17-22-18(12-20(27)24(16,17)3)23(2)9-8-15(25)10-14(23)11-19(22)26/h8-10,13,16-20,22,26-27H,4-7,11-12H2,1-3H3,(H,28,29)/t13-,16-,17+,18+,19-,20+,22+,23+,24-/m1/s1. The Morgan fingerprint density at radius 1 is 1.24 bits per heavy atom. The molecule has 160 valence electrons. The number of allylic oxidation sites excluding steroid dienone is 3. The molecular weight excluding hydrogens is 368 g/mol. The van der Waals surface area contributed by atoms with Crippen LogP contribution in [0.1, 0.15) is 59.3 Å². The minimum absolute atomic E-state index is 0.0162. The van der Waals surface area contributed by atoms with Crippen molar-refractivity contribution in [2.75, 3.05) is 0 Å². The molecule has 0 amide bonds. The van der Waals surface area contributed by atoms with E-state index >= 15 is 0 Å². The number of fused-ring (bicyclic) bond motifs is 5. The van der Waals surface area contributed by atoms with Gasteiger partial charge in [0.15, 0.2) is 5.78 Å². The molecule has 0 aromatic heterocycles. The highest BCUT2D eigenvalue weighted by Gasteiger charge is 2.64. The van der Waals surface area contributed by atoms with Crippen molar-refractivity contribution in [2.45, 2.75) is 71.5 Å². The van der Waals surface area contributed by atoms with Gasteiger partial charge in [-0.15, -0.1) is 0 Å². The predicted octanol–water partition coefficient (Wildman–Crippen LogP) is 3.35. The number of carboxylic acid groups (broad SMARTS) is 1. The molecule has 3 fully saturated rings. The Bertz CT molecular complexity index is 769. The molecule has 0 aliphatic heterocycles. The smallest absolute Gasteiger partial charge is 0.303 e. The van der Waals surface area contributed by atoms with Crippen molar-refractivity contribution in [2.24, 2.45) is 40.4 Å². The van der Waals surface area contributed by atoms with Crippen molar-refractivity contribution in [3.8, 4) is 0 Å². The molecule has 0 spiro atoms. The minimum Gasteiger partial charge on any atom is -0.481 e. The average Bonchev–Trinajstić information content (AvgIpc) is 3.01. The second-order valence-corrected chi connectivity index (χ2v) is 10.5. The van der Waals surface area contributed by atoms with Crippen molar-refractivity contribution in [1.29, 1.82) is 0 Å². The Labute approximate surface area is 172 Å². The van der Waals surface area contributed by atoms with Crippen LogP contribution in [0.4, 0.5) is 0 Å². The second-order valence-electron chi connectivity index (χ2n) is 10.5. The van der Waals surface area contributed by atoms with Gasteiger partial charge in [0, 0.05) is 11.8 Å². The molecule has 0 unspecified atom stereocenters. The van der Waals surface area contributed by atoms with Gasteiger partial charge in [-0.3, -0.25) is 9.59 Å². The Hall–Kier alpha value is -1.46. The van der Waals surface area contributed by atoms with E-state index in [4.69, 9.17) is 5.11 Å². The first-order chi connectivity index (χ1) is 13.6. The zero-order valence-corrected chi connectivity index (χ0v) is 17.7. The summed E-state index contributed by atoms with van der Waals surface area (Å²) in [6.45, 7) is 6.45. The predicted molar refractivity (Wildman–Crippen MR) is 109 cm³/mol. The van der Waals surface area contributed by atoms with E-state index in [1.54, 1.807) is 12.2 Å². The van der Waals surface area contributed by atoms with Gasteiger partial charge in [-0.25, -0.2) is 0 Å². The summed E-state index contributed by atoms with van der Waals surface area (Å²) in [4.78, 5) is 23.0. The van der Waals surface area contributed by atoms with E-state index in [9.17, 15) is 19.8 Å². The van der Waals surface area contributed by atoms with Gasteiger partial charge in [-0.1, -0.05) is 32.4 Å². The fourth-order valence-electron chi connectivity index (χ4n) is 7.66. The fraction of sp³-hybridized carbons (Fsp3) is 0.750. The van der Waals surface area contributed by atoms with E-state index in [1.165, 1.54) is 0 Å². The number of aliphatic hydroxyl groups excluding tert-OH is 2. The summed E-state index contributed by atoms with van der Waals surface area (Å²) in [6, 6.07) is 0. The zero-order valence-electron chi connectivity index (χ0n) is 17.7. The number of carbonyl (C=O) groups is 2. The normalized spacial score (nSPS) is 47.1. The quantitative estimate of drug-likeness (QED) is 0.670. The Morgan fingerprint density at radius 3 is 2.66 bits per heavy atom. The number of hydrogen-bond acceptors (Lipinski definition) is 4. The van der Waals surface area contributed by atoms with E-state index < -0.39 is 18.2 Å². The highest BCUT2D eigenvalue weighted by atomic mass is 16.4. The molecule has 0 heterocycles. The number of ketones is 1. The highest BCUT2D eigenvalue weighted by molar-refractivity contribution is 6.01. The lowest BCUT2D eigenvalue weighted by Gasteiger charge is -2.60. The molecule has 0 radical (unpaired) electrons. The summed E-state index contributed by atoms with van der Waals surface area (Å²) in [7, 11) is 0. The first kappa shape index (κ1) is 20.8. The second kappa shape index (κ2) is 7.05. The number of aliphatic carboxylic acids is 1. The minimum atomic E-state index is -0.769. The van der Waals surface area contributed by atoms with Crippen molar-refractivity contribution < 1.29 is 24.9 Å². The maximum absolute atomic E-state index is 11.9. The SMILES string of the molecule is C[C@H](CCC(=O)O)[C@H]1CC[C@H]2[C@@H]3[C@H](O)CC4=CC(=O)C=C[C@]4(C)[C@H]3C[C@H](O)[C@]12C.